The monoisotopic (exact) mass is 528 g/mol. The number of para-hydroxylation sites is 1. The molecule has 0 fully saturated rings. The van der Waals surface area contributed by atoms with Gasteiger partial charge in [-0.05, 0) is 60.5 Å². The van der Waals surface area contributed by atoms with Gasteiger partial charge >= 0.3 is 0 Å². The summed E-state index contributed by atoms with van der Waals surface area (Å²) < 4.78 is 21.5. The second-order valence-electron chi connectivity index (χ2n) is 8.62. The van der Waals surface area contributed by atoms with Gasteiger partial charge in [-0.25, -0.2) is 0 Å². The minimum Gasteiger partial charge on any atom is -0.497 e. The largest absolute Gasteiger partial charge is 0.497 e. The predicted molar refractivity (Wildman–Crippen MR) is 143 cm³/mol. The Morgan fingerprint density at radius 3 is 2.23 bits per heavy atom. The first-order chi connectivity index (χ1) is 18.9. The number of methoxy groups -OCH3 is 3. The molecule has 0 atom stereocenters. The summed E-state index contributed by atoms with van der Waals surface area (Å²) in [5.74, 6) is -0.302. The zero-order valence-electron chi connectivity index (χ0n) is 22.1. The Morgan fingerprint density at radius 2 is 1.54 bits per heavy atom. The summed E-state index contributed by atoms with van der Waals surface area (Å²) in [5.41, 5.74) is 3.00. The number of carbonyl (C=O) groups excluding carboxylic acids is 3. The van der Waals surface area contributed by atoms with Gasteiger partial charge in [-0.3, -0.25) is 19.4 Å². The number of benzene rings is 2. The van der Waals surface area contributed by atoms with Crippen molar-refractivity contribution in [2.75, 3.05) is 26.6 Å². The zero-order valence-corrected chi connectivity index (χ0v) is 22.1. The van der Waals surface area contributed by atoms with E-state index >= 15 is 0 Å². The highest BCUT2D eigenvalue weighted by atomic mass is 16.5. The molecule has 0 unspecified atom stereocenters. The SMILES string of the molecule is COC1=C(OC)C(=O)C(Cc2cnccc2COc2ccccc2C(=O)Nc2ccc(OC)cc2)=C(C)C1=O. The quantitative estimate of drug-likeness (QED) is 0.385. The van der Waals surface area contributed by atoms with E-state index in [2.05, 4.69) is 10.3 Å². The summed E-state index contributed by atoms with van der Waals surface area (Å²) in [4.78, 5) is 43.1. The minimum absolute atomic E-state index is 0.107. The fraction of sp³-hybridized carbons (Fsp3) is 0.200. The van der Waals surface area contributed by atoms with E-state index in [1.807, 2.05) is 0 Å². The van der Waals surface area contributed by atoms with Crippen LogP contribution < -0.4 is 14.8 Å². The Hall–Kier alpha value is -4.92. The summed E-state index contributed by atoms with van der Waals surface area (Å²) in [6.45, 7) is 1.70. The van der Waals surface area contributed by atoms with Crippen molar-refractivity contribution >= 4 is 23.2 Å². The number of ketones is 2. The summed E-state index contributed by atoms with van der Waals surface area (Å²) in [5, 5.41) is 2.86. The van der Waals surface area contributed by atoms with Gasteiger partial charge in [-0.15, -0.1) is 0 Å². The number of hydrogen-bond donors (Lipinski definition) is 1. The number of anilines is 1. The lowest BCUT2D eigenvalue weighted by atomic mass is 9.88. The van der Waals surface area contributed by atoms with Crippen LogP contribution in [0.3, 0.4) is 0 Å². The molecule has 0 saturated heterocycles. The first kappa shape index (κ1) is 27.1. The number of nitrogens with zero attached hydrogens (tertiary/aromatic N) is 1. The molecule has 1 aromatic heterocycles. The number of pyridine rings is 1. The number of ether oxygens (including phenoxy) is 4. The predicted octanol–water partition coefficient (Wildman–Crippen LogP) is 4.44. The van der Waals surface area contributed by atoms with E-state index in [1.165, 1.54) is 14.2 Å². The van der Waals surface area contributed by atoms with Gasteiger partial charge < -0.3 is 24.3 Å². The highest BCUT2D eigenvalue weighted by Gasteiger charge is 2.34. The summed E-state index contributed by atoms with van der Waals surface area (Å²) in [6, 6.07) is 15.7. The fourth-order valence-electron chi connectivity index (χ4n) is 4.16. The molecule has 2 aromatic carbocycles. The van der Waals surface area contributed by atoms with Crippen molar-refractivity contribution in [1.82, 2.24) is 4.98 Å². The van der Waals surface area contributed by atoms with Crippen molar-refractivity contribution in [2.24, 2.45) is 0 Å². The molecular formula is C30H28N2O7. The van der Waals surface area contributed by atoms with Crippen molar-refractivity contribution in [3.63, 3.8) is 0 Å². The third kappa shape index (κ3) is 5.82. The molecule has 1 N–H and O–H groups in total. The van der Waals surface area contributed by atoms with Crippen LogP contribution >= 0.6 is 0 Å². The number of amides is 1. The maximum atomic E-state index is 13.1. The Morgan fingerprint density at radius 1 is 0.846 bits per heavy atom. The normalized spacial score (nSPS) is 13.3. The summed E-state index contributed by atoms with van der Waals surface area (Å²) in [6.07, 6.45) is 3.39. The number of nitrogens with one attached hydrogen (secondary N) is 1. The molecular weight excluding hydrogens is 500 g/mol. The molecule has 0 aliphatic heterocycles. The van der Waals surface area contributed by atoms with Crippen LogP contribution in [0.5, 0.6) is 11.5 Å². The van der Waals surface area contributed by atoms with E-state index in [1.54, 1.807) is 81.0 Å². The maximum Gasteiger partial charge on any atom is 0.259 e. The highest BCUT2D eigenvalue weighted by Crippen LogP contribution is 2.29. The van der Waals surface area contributed by atoms with Gasteiger partial charge in [0.1, 0.15) is 18.1 Å². The Bertz CT molecular complexity index is 1470. The average molecular weight is 529 g/mol. The molecule has 0 saturated carbocycles. The standard InChI is InChI=1S/C30H28N2O7/c1-18-24(27(34)29(38-4)28(37-3)26(18)33)15-20-16-31-14-13-19(20)17-39-25-8-6-5-7-23(25)30(35)32-21-9-11-22(36-2)12-10-21/h5-14,16H,15,17H2,1-4H3,(H,32,35). The number of carbonyl (C=O) groups is 3. The van der Waals surface area contributed by atoms with Crippen molar-refractivity contribution < 1.29 is 33.3 Å². The molecule has 200 valence electrons. The number of allylic oxidation sites excluding steroid dienone is 2. The van der Waals surface area contributed by atoms with Crippen LogP contribution in [0.1, 0.15) is 28.4 Å². The first-order valence-electron chi connectivity index (χ1n) is 12.1. The van der Waals surface area contributed by atoms with Crippen LogP contribution in [0, 0.1) is 0 Å². The van der Waals surface area contributed by atoms with Crippen molar-refractivity contribution in [3.8, 4) is 11.5 Å². The number of Topliss-reactive ketones (excluding diaryl/α,β-unsaturated/α-hetero) is 2. The van der Waals surface area contributed by atoms with E-state index in [0.717, 1.165) is 5.56 Å². The van der Waals surface area contributed by atoms with Gasteiger partial charge in [0.05, 0.1) is 26.9 Å². The molecule has 4 rings (SSSR count). The van der Waals surface area contributed by atoms with Crippen molar-refractivity contribution in [2.45, 2.75) is 20.0 Å². The Balaban J connectivity index is 1.53. The van der Waals surface area contributed by atoms with Gasteiger partial charge in [-0.1, -0.05) is 12.1 Å². The Kier molecular flexibility index (Phi) is 8.40. The third-order valence-corrected chi connectivity index (χ3v) is 6.33. The zero-order chi connectivity index (χ0) is 27.9. The van der Waals surface area contributed by atoms with Crippen LogP contribution in [-0.2, 0) is 32.1 Å². The van der Waals surface area contributed by atoms with Crippen molar-refractivity contribution in [1.29, 1.82) is 0 Å². The molecule has 9 nitrogen and oxygen atoms in total. The van der Waals surface area contributed by atoms with Crippen LogP contribution in [0.15, 0.2) is 89.7 Å². The molecule has 0 spiro atoms. The van der Waals surface area contributed by atoms with Gasteiger partial charge in [-0.2, -0.15) is 0 Å². The van der Waals surface area contributed by atoms with Gasteiger partial charge in [0.25, 0.3) is 5.91 Å². The van der Waals surface area contributed by atoms with Crippen LogP contribution in [-0.4, -0.2) is 43.8 Å². The number of aromatic nitrogens is 1. The molecule has 9 heteroatoms. The lowest BCUT2D eigenvalue weighted by Gasteiger charge is -2.21. The average Bonchev–Trinajstić information content (AvgIpc) is 2.97. The summed E-state index contributed by atoms with van der Waals surface area (Å²) >= 11 is 0. The fourth-order valence-corrected chi connectivity index (χ4v) is 4.16. The second kappa shape index (κ2) is 12.1. The van der Waals surface area contributed by atoms with E-state index in [4.69, 9.17) is 18.9 Å². The topological polar surface area (TPSA) is 113 Å². The Labute approximate surface area is 226 Å². The highest BCUT2D eigenvalue weighted by molar-refractivity contribution is 6.23. The number of hydrogen-bond acceptors (Lipinski definition) is 8. The smallest absolute Gasteiger partial charge is 0.259 e. The van der Waals surface area contributed by atoms with E-state index in [-0.39, 0.29) is 36.0 Å². The molecule has 39 heavy (non-hydrogen) atoms. The number of rotatable bonds is 10. The van der Waals surface area contributed by atoms with Gasteiger partial charge in [0.2, 0.25) is 23.1 Å². The lowest BCUT2D eigenvalue weighted by molar-refractivity contribution is -0.121. The van der Waals surface area contributed by atoms with Gasteiger partial charge in [0, 0.05) is 35.6 Å². The molecule has 1 aliphatic rings. The van der Waals surface area contributed by atoms with Crippen LogP contribution in [0.4, 0.5) is 5.69 Å². The van der Waals surface area contributed by atoms with Crippen LogP contribution in [0.2, 0.25) is 0 Å². The van der Waals surface area contributed by atoms with E-state index in [9.17, 15) is 14.4 Å². The molecule has 0 radical (unpaired) electrons. The second-order valence-corrected chi connectivity index (χ2v) is 8.62. The molecule has 1 amide bonds. The molecule has 1 aliphatic carbocycles. The van der Waals surface area contributed by atoms with Crippen molar-refractivity contribution in [3.05, 3.63) is 106 Å². The van der Waals surface area contributed by atoms with E-state index in [0.29, 0.717) is 33.9 Å². The molecule has 0 bridgehead atoms. The van der Waals surface area contributed by atoms with Crippen LogP contribution in [0.25, 0.3) is 0 Å². The minimum atomic E-state index is -0.414. The maximum absolute atomic E-state index is 13.1. The first-order valence-corrected chi connectivity index (χ1v) is 12.1. The van der Waals surface area contributed by atoms with E-state index < -0.39 is 11.6 Å². The third-order valence-electron chi connectivity index (χ3n) is 6.33. The summed E-state index contributed by atoms with van der Waals surface area (Å²) in [7, 11) is 4.22. The lowest BCUT2D eigenvalue weighted by Crippen LogP contribution is -2.26. The molecule has 1 heterocycles. The van der Waals surface area contributed by atoms with Gasteiger partial charge in [0.15, 0.2) is 0 Å². The molecule has 3 aromatic rings.